The zero-order chi connectivity index (χ0) is 29.4. The Morgan fingerprint density at radius 3 is 2.37 bits per heavy atom. The first kappa shape index (κ1) is 30.1. The molecular weight excluding hydrogens is 547 g/mol. The van der Waals surface area contributed by atoms with E-state index in [9.17, 15) is 18.0 Å². The van der Waals surface area contributed by atoms with Gasteiger partial charge in [-0.2, -0.15) is 0 Å². The Kier molecular flexibility index (Phi) is 10.0. The van der Waals surface area contributed by atoms with Gasteiger partial charge < -0.3 is 4.74 Å². The van der Waals surface area contributed by atoms with Gasteiger partial charge in [0.05, 0.1) is 5.69 Å². The predicted molar refractivity (Wildman–Crippen MR) is 157 cm³/mol. The van der Waals surface area contributed by atoms with Crippen LogP contribution in [0.25, 0.3) is 17.1 Å². The minimum absolute atomic E-state index is 0.191. The maximum Gasteiger partial charge on any atom is 0.573 e. The summed E-state index contributed by atoms with van der Waals surface area (Å²) in [7, 11) is 0. The highest BCUT2D eigenvalue weighted by molar-refractivity contribution is 7.80. The van der Waals surface area contributed by atoms with E-state index in [1.165, 1.54) is 46.4 Å². The number of Topliss-reactive ketones (excluding diaryl/α,β-unsaturated/α-hetero) is 1. The van der Waals surface area contributed by atoms with E-state index in [-0.39, 0.29) is 11.5 Å². The van der Waals surface area contributed by atoms with E-state index in [4.69, 9.17) is 12.2 Å². The lowest BCUT2D eigenvalue weighted by Crippen LogP contribution is -2.17. The Labute approximate surface area is 243 Å². The molecule has 9 heteroatoms. The molecule has 0 aliphatic heterocycles. The molecule has 1 aromatic heterocycles. The van der Waals surface area contributed by atoms with Gasteiger partial charge in [0, 0.05) is 29.7 Å². The van der Waals surface area contributed by atoms with E-state index in [0.29, 0.717) is 36.7 Å². The number of alkyl halides is 3. The number of carbonyl (C=O) groups is 1. The number of halogens is 3. The molecule has 0 aliphatic carbocycles. The van der Waals surface area contributed by atoms with Gasteiger partial charge in [0.15, 0.2) is 5.82 Å². The molecule has 5 nitrogen and oxygen atoms in total. The molecule has 0 aliphatic rings. The highest BCUT2D eigenvalue weighted by Gasteiger charge is 2.31. The third kappa shape index (κ3) is 9.08. The Morgan fingerprint density at radius 1 is 0.976 bits per heavy atom. The molecule has 0 fully saturated rings. The number of aromatic nitrogens is 3. The topological polar surface area (TPSA) is 57.0 Å². The molecule has 41 heavy (non-hydrogen) atoms. The predicted octanol–water partition coefficient (Wildman–Crippen LogP) is 8.24. The summed E-state index contributed by atoms with van der Waals surface area (Å²) in [6.45, 7) is 4.33. The van der Waals surface area contributed by atoms with Crippen LogP contribution in [0.1, 0.15) is 62.1 Å². The number of benzene rings is 3. The molecule has 0 saturated heterocycles. The number of aryl methyl sites for hydroxylation is 1. The number of carbonyl (C=O) groups excluding carboxylic acids is 1. The second-order valence-corrected chi connectivity index (χ2v) is 10.8. The standard InChI is InChI=1S/C32H32F3N3O2S/c1-22(2)30-10-6-4-8-25(30)19-29(41)20-27(39)9-5-3-7-23-11-13-24(14-12-23)31-36-21-38(37-31)26-15-17-28(18-16-26)40-32(33,34)35/h4,6,8,10-18,21-22H,3,5,7,9,19-20H2,1-2H3. The van der Waals surface area contributed by atoms with Crippen LogP contribution in [-0.4, -0.2) is 31.8 Å². The molecule has 214 valence electrons. The second-order valence-electron chi connectivity index (χ2n) is 10.2. The number of hydrogen-bond acceptors (Lipinski definition) is 5. The first-order valence-electron chi connectivity index (χ1n) is 13.6. The highest BCUT2D eigenvalue weighted by Crippen LogP contribution is 2.24. The molecule has 0 atom stereocenters. The molecular formula is C32H32F3N3O2S. The average molecular weight is 580 g/mol. The number of ether oxygens (including phenoxy) is 1. The minimum Gasteiger partial charge on any atom is -0.406 e. The van der Waals surface area contributed by atoms with Crippen LogP contribution in [0.3, 0.4) is 0 Å². The van der Waals surface area contributed by atoms with Crippen molar-refractivity contribution in [3.8, 4) is 22.8 Å². The van der Waals surface area contributed by atoms with E-state index in [1.54, 1.807) is 0 Å². The molecule has 0 N–H and O–H groups in total. The number of unbranched alkanes of at least 4 members (excludes halogenated alkanes) is 1. The largest absolute Gasteiger partial charge is 0.573 e. The number of rotatable bonds is 13. The van der Waals surface area contributed by atoms with Gasteiger partial charge in [0.25, 0.3) is 0 Å². The molecule has 0 spiro atoms. The van der Waals surface area contributed by atoms with Crippen LogP contribution in [0.2, 0.25) is 0 Å². The van der Waals surface area contributed by atoms with Gasteiger partial charge in [-0.1, -0.05) is 74.6 Å². The average Bonchev–Trinajstić information content (AvgIpc) is 3.41. The SMILES string of the molecule is CC(C)c1ccccc1CC(=S)CC(=O)CCCCc1ccc(-c2ncn(-c3ccc(OC(F)(F)F)cc3)n2)cc1. The molecule has 3 aromatic carbocycles. The molecule has 1 heterocycles. The van der Waals surface area contributed by atoms with Gasteiger partial charge in [-0.15, -0.1) is 18.3 Å². The van der Waals surface area contributed by atoms with Gasteiger partial charge in [-0.05, 0) is 66.1 Å². The summed E-state index contributed by atoms with van der Waals surface area (Å²) in [5, 5.41) is 4.44. The number of thiocarbonyl (C=S) groups is 1. The van der Waals surface area contributed by atoms with E-state index < -0.39 is 6.36 Å². The van der Waals surface area contributed by atoms with Crippen molar-refractivity contribution in [1.82, 2.24) is 14.8 Å². The first-order chi connectivity index (χ1) is 19.6. The summed E-state index contributed by atoms with van der Waals surface area (Å²) < 4.78 is 42.5. The summed E-state index contributed by atoms with van der Waals surface area (Å²) in [6, 6.07) is 21.6. The van der Waals surface area contributed by atoms with Gasteiger partial charge >= 0.3 is 6.36 Å². The summed E-state index contributed by atoms with van der Waals surface area (Å²) in [5.74, 6) is 0.818. The molecule has 0 amide bonds. The fourth-order valence-corrected chi connectivity index (χ4v) is 4.95. The lowest BCUT2D eigenvalue weighted by atomic mass is 9.93. The zero-order valence-electron chi connectivity index (χ0n) is 23.0. The van der Waals surface area contributed by atoms with Gasteiger partial charge in [0.2, 0.25) is 0 Å². The van der Waals surface area contributed by atoms with E-state index in [1.807, 2.05) is 36.4 Å². The minimum atomic E-state index is -4.74. The summed E-state index contributed by atoms with van der Waals surface area (Å²) in [4.78, 5) is 17.6. The maximum absolute atomic E-state index is 12.5. The molecule has 4 rings (SSSR count). The van der Waals surface area contributed by atoms with Crippen molar-refractivity contribution in [2.75, 3.05) is 0 Å². The third-order valence-electron chi connectivity index (χ3n) is 6.67. The van der Waals surface area contributed by atoms with Crippen molar-refractivity contribution >= 4 is 22.9 Å². The molecule has 0 bridgehead atoms. The Hall–Kier alpha value is -3.85. The Morgan fingerprint density at radius 2 is 1.68 bits per heavy atom. The van der Waals surface area contributed by atoms with E-state index in [0.717, 1.165) is 35.3 Å². The van der Waals surface area contributed by atoms with Crippen LogP contribution >= 0.6 is 12.2 Å². The van der Waals surface area contributed by atoms with Crippen LogP contribution in [0.5, 0.6) is 5.75 Å². The smallest absolute Gasteiger partial charge is 0.406 e. The number of nitrogens with zero attached hydrogens (tertiary/aromatic N) is 3. The van der Waals surface area contributed by atoms with Crippen molar-refractivity contribution in [3.05, 3.63) is 95.8 Å². The first-order valence-corrected chi connectivity index (χ1v) is 14.0. The van der Waals surface area contributed by atoms with Crippen molar-refractivity contribution in [1.29, 1.82) is 0 Å². The number of ketones is 1. The Balaban J connectivity index is 1.21. The van der Waals surface area contributed by atoms with Gasteiger partial charge in [0.1, 0.15) is 17.9 Å². The Bertz CT molecular complexity index is 1460. The lowest BCUT2D eigenvalue weighted by Gasteiger charge is -2.13. The van der Waals surface area contributed by atoms with Crippen molar-refractivity contribution < 1.29 is 22.7 Å². The van der Waals surface area contributed by atoms with Gasteiger partial charge in [-0.25, -0.2) is 9.67 Å². The summed E-state index contributed by atoms with van der Waals surface area (Å²) >= 11 is 5.54. The van der Waals surface area contributed by atoms with Crippen molar-refractivity contribution in [3.63, 3.8) is 0 Å². The molecule has 4 aromatic rings. The van der Waals surface area contributed by atoms with E-state index >= 15 is 0 Å². The quantitative estimate of drug-likeness (QED) is 0.118. The normalized spacial score (nSPS) is 11.6. The van der Waals surface area contributed by atoms with Crippen LogP contribution in [-0.2, 0) is 17.6 Å². The highest BCUT2D eigenvalue weighted by atomic mass is 32.1. The number of hydrogen-bond donors (Lipinski definition) is 0. The fraction of sp³-hybridized carbons (Fsp3) is 0.312. The molecule has 0 radical (unpaired) electrons. The van der Waals surface area contributed by atoms with Gasteiger partial charge in [-0.3, -0.25) is 4.79 Å². The monoisotopic (exact) mass is 579 g/mol. The zero-order valence-corrected chi connectivity index (χ0v) is 23.8. The summed E-state index contributed by atoms with van der Waals surface area (Å²) in [6.07, 6.45) is 0.872. The second kappa shape index (κ2) is 13.7. The molecule has 0 saturated carbocycles. The fourth-order valence-electron chi connectivity index (χ4n) is 4.63. The van der Waals surface area contributed by atoms with Crippen LogP contribution in [0, 0.1) is 0 Å². The third-order valence-corrected chi connectivity index (χ3v) is 6.96. The van der Waals surface area contributed by atoms with Crippen molar-refractivity contribution in [2.45, 2.75) is 64.7 Å². The van der Waals surface area contributed by atoms with Crippen LogP contribution < -0.4 is 4.74 Å². The maximum atomic E-state index is 12.5. The van der Waals surface area contributed by atoms with Crippen LogP contribution in [0.4, 0.5) is 13.2 Å². The summed E-state index contributed by atoms with van der Waals surface area (Å²) in [5.41, 5.74) is 5.03. The van der Waals surface area contributed by atoms with E-state index in [2.05, 4.69) is 40.8 Å². The lowest BCUT2D eigenvalue weighted by molar-refractivity contribution is -0.274. The van der Waals surface area contributed by atoms with Crippen LogP contribution in [0.15, 0.2) is 79.1 Å². The van der Waals surface area contributed by atoms with Crippen molar-refractivity contribution in [2.24, 2.45) is 0 Å². The molecule has 0 unspecified atom stereocenters.